The van der Waals surface area contributed by atoms with E-state index in [-0.39, 0.29) is 13.6 Å². The summed E-state index contributed by atoms with van der Waals surface area (Å²) in [7, 11) is 0. The van der Waals surface area contributed by atoms with Crippen LogP contribution >= 0.6 is 0 Å². The van der Waals surface area contributed by atoms with Gasteiger partial charge in [0.15, 0.2) is 13.6 Å². The van der Waals surface area contributed by atoms with Crippen LogP contribution in [0, 0.1) is 0 Å². The van der Waals surface area contributed by atoms with Gasteiger partial charge < -0.3 is 4.74 Å². The average Bonchev–Trinajstić information content (AvgIpc) is 2.67. The third kappa shape index (κ3) is 3.72. The van der Waals surface area contributed by atoms with Gasteiger partial charge in [0.2, 0.25) is 0 Å². The van der Waals surface area contributed by atoms with Gasteiger partial charge >= 0.3 is 0 Å². The Hall–Kier alpha value is -0.240. The van der Waals surface area contributed by atoms with Gasteiger partial charge in [-0.05, 0) is 0 Å². The van der Waals surface area contributed by atoms with E-state index in [2.05, 4.69) is 29.3 Å². The fourth-order valence-corrected chi connectivity index (χ4v) is 0.340. The van der Waals surface area contributed by atoms with Crippen LogP contribution in [0.15, 0.2) is 0 Å². The van der Waals surface area contributed by atoms with Crippen LogP contribution in [-0.2, 0) is 29.3 Å². The first kappa shape index (κ1) is 7.86. The number of hydrogen-bond donors (Lipinski definition) is 0. The van der Waals surface area contributed by atoms with Gasteiger partial charge in [0.25, 0.3) is 0 Å². The SMILES string of the molecule is C1COOO1.C1OCOO1. The lowest BCUT2D eigenvalue weighted by Crippen LogP contribution is -1.79. The van der Waals surface area contributed by atoms with Crippen LogP contribution in [0.1, 0.15) is 0 Å². The first-order chi connectivity index (χ1) is 5.00. The van der Waals surface area contributed by atoms with Crippen molar-refractivity contribution in [2.45, 2.75) is 0 Å². The maximum absolute atomic E-state index is 4.50. The van der Waals surface area contributed by atoms with Gasteiger partial charge in [-0.1, -0.05) is 5.04 Å². The molecule has 0 amide bonds. The fraction of sp³-hybridized carbons (Fsp3) is 1.00. The quantitative estimate of drug-likeness (QED) is 0.446. The zero-order chi connectivity index (χ0) is 7.07. The topological polar surface area (TPSA) is 55.4 Å². The average molecular weight is 152 g/mol. The zero-order valence-corrected chi connectivity index (χ0v) is 5.28. The molecule has 0 bridgehead atoms. The standard InChI is InChI=1S/2C2H4O3/c1-3-2-5-4-1;1-2-4-5-3-1/h2*1-2H2. The molecule has 0 aromatic carbocycles. The lowest BCUT2D eigenvalue weighted by Gasteiger charge is -1.75. The molecule has 0 aliphatic carbocycles. The molecule has 2 fully saturated rings. The van der Waals surface area contributed by atoms with Crippen molar-refractivity contribution in [2.24, 2.45) is 0 Å². The second-order valence-electron chi connectivity index (χ2n) is 1.39. The predicted octanol–water partition coefficient (Wildman–Crippen LogP) is -0.240. The first-order valence-electron chi connectivity index (χ1n) is 2.73. The molecular formula is C4H8O6. The minimum Gasteiger partial charge on any atom is -0.323 e. The Balaban J connectivity index is 0.0000001000. The van der Waals surface area contributed by atoms with Gasteiger partial charge in [-0.2, -0.15) is 0 Å². The van der Waals surface area contributed by atoms with Crippen molar-refractivity contribution in [3.05, 3.63) is 0 Å². The Morgan fingerprint density at radius 1 is 0.700 bits per heavy atom. The molecule has 0 aromatic rings. The molecule has 0 saturated carbocycles. The molecular weight excluding hydrogens is 144 g/mol. The summed E-state index contributed by atoms with van der Waals surface area (Å²) in [5, 5.41) is 3.94. The summed E-state index contributed by atoms with van der Waals surface area (Å²) < 4.78 is 4.50. The monoisotopic (exact) mass is 152 g/mol. The van der Waals surface area contributed by atoms with E-state index in [4.69, 9.17) is 0 Å². The summed E-state index contributed by atoms with van der Waals surface area (Å²) in [6.07, 6.45) is 0. The van der Waals surface area contributed by atoms with Crippen LogP contribution in [0.3, 0.4) is 0 Å². The molecule has 60 valence electrons. The lowest BCUT2D eigenvalue weighted by atomic mass is 10.8. The first-order valence-corrected chi connectivity index (χ1v) is 2.73. The van der Waals surface area contributed by atoms with E-state index >= 15 is 0 Å². The highest BCUT2D eigenvalue weighted by Crippen LogP contribution is 1.89. The largest absolute Gasteiger partial charge is 0.323 e. The van der Waals surface area contributed by atoms with Crippen LogP contribution in [-0.4, -0.2) is 26.8 Å². The lowest BCUT2D eigenvalue weighted by molar-refractivity contribution is -0.452. The highest BCUT2D eigenvalue weighted by molar-refractivity contribution is 4.17. The molecule has 0 aromatic heterocycles. The van der Waals surface area contributed by atoms with E-state index in [9.17, 15) is 0 Å². The van der Waals surface area contributed by atoms with Gasteiger partial charge in [0, 0.05) is 0 Å². The van der Waals surface area contributed by atoms with Crippen LogP contribution in [0.25, 0.3) is 0 Å². The van der Waals surface area contributed by atoms with Gasteiger partial charge in [0.1, 0.15) is 13.2 Å². The van der Waals surface area contributed by atoms with Crippen LogP contribution < -0.4 is 0 Å². The molecule has 2 saturated heterocycles. The van der Waals surface area contributed by atoms with Gasteiger partial charge in [-0.3, -0.25) is 0 Å². The van der Waals surface area contributed by atoms with Crippen molar-refractivity contribution >= 4 is 0 Å². The van der Waals surface area contributed by atoms with E-state index in [1.165, 1.54) is 0 Å². The van der Waals surface area contributed by atoms with E-state index < -0.39 is 0 Å². The molecule has 2 aliphatic rings. The molecule has 2 aliphatic heterocycles. The second-order valence-corrected chi connectivity index (χ2v) is 1.39. The smallest absolute Gasteiger partial charge is 0.183 e. The van der Waals surface area contributed by atoms with E-state index in [0.29, 0.717) is 13.2 Å². The zero-order valence-electron chi connectivity index (χ0n) is 5.28. The molecule has 2 rings (SSSR count). The van der Waals surface area contributed by atoms with Crippen LogP contribution in [0.5, 0.6) is 0 Å². The minimum atomic E-state index is 0.278. The highest BCUT2D eigenvalue weighted by Gasteiger charge is 1.96. The van der Waals surface area contributed by atoms with Crippen molar-refractivity contribution in [3.63, 3.8) is 0 Å². The normalized spacial score (nSPS) is 24.0. The Bertz CT molecular complexity index is 42.9. The summed E-state index contributed by atoms with van der Waals surface area (Å²) in [4.78, 5) is 16.9. The molecule has 6 heteroatoms. The van der Waals surface area contributed by atoms with Crippen LogP contribution in [0.4, 0.5) is 0 Å². The summed E-state index contributed by atoms with van der Waals surface area (Å²) in [6.45, 7) is 1.67. The predicted molar refractivity (Wildman–Crippen MR) is 26.0 cm³/mol. The number of hydrogen-bond acceptors (Lipinski definition) is 6. The Kier molecular flexibility index (Phi) is 4.35. The summed E-state index contributed by atoms with van der Waals surface area (Å²) in [6, 6.07) is 0. The van der Waals surface area contributed by atoms with E-state index in [1.54, 1.807) is 0 Å². The second kappa shape index (κ2) is 5.54. The molecule has 0 radical (unpaired) electrons. The summed E-state index contributed by atoms with van der Waals surface area (Å²) in [5.41, 5.74) is 0. The molecule has 0 spiro atoms. The Morgan fingerprint density at radius 2 is 1.30 bits per heavy atom. The van der Waals surface area contributed by atoms with Crippen LogP contribution in [0.2, 0.25) is 0 Å². The maximum atomic E-state index is 4.50. The molecule has 10 heavy (non-hydrogen) atoms. The summed E-state index contributed by atoms with van der Waals surface area (Å²) >= 11 is 0. The molecule has 6 nitrogen and oxygen atoms in total. The number of ether oxygens (including phenoxy) is 1. The maximum Gasteiger partial charge on any atom is 0.183 e. The molecule has 2 heterocycles. The fourth-order valence-electron chi connectivity index (χ4n) is 0.340. The molecule has 0 atom stereocenters. The van der Waals surface area contributed by atoms with Crippen molar-refractivity contribution in [2.75, 3.05) is 26.8 Å². The van der Waals surface area contributed by atoms with Crippen molar-refractivity contribution in [3.8, 4) is 0 Å². The third-order valence-corrected chi connectivity index (χ3v) is 0.692. The molecule has 0 unspecified atom stereocenters. The van der Waals surface area contributed by atoms with E-state index in [1.807, 2.05) is 0 Å². The Morgan fingerprint density at radius 3 is 1.50 bits per heavy atom. The third-order valence-electron chi connectivity index (χ3n) is 0.692. The van der Waals surface area contributed by atoms with Crippen molar-refractivity contribution in [1.82, 2.24) is 0 Å². The Labute approximate surface area is 57.3 Å². The van der Waals surface area contributed by atoms with Gasteiger partial charge in [0.05, 0.1) is 0 Å². The van der Waals surface area contributed by atoms with E-state index in [0.717, 1.165) is 0 Å². The highest BCUT2D eigenvalue weighted by atomic mass is 17.5. The summed E-state index contributed by atoms with van der Waals surface area (Å²) in [5.74, 6) is 0. The number of rotatable bonds is 0. The minimum absolute atomic E-state index is 0.278. The van der Waals surface area contributed by atoms with Gasteiger partial charge in [-0.15, -0.1) is 0 Å². The van der Waals surface area contributed by atoms with Crippen molar-refractivity contribution in [1.29, 1.82) is 0 Å². The van der Waals surface area contributed by atoms with Crippen molar-refractivity contribution < 1.29 is 29.3 Å². The molecule has 0 N–H and O–H groups in total. The van der Waals surface area contributed by atoms with Gasteiger partial charge in [-0.25, -0.2) is 19.6 Å².